The van der Waals surface area contributed by atoms with E-state index in [4.69, 9.17) is 0 Å². The Morgan fingerprint density at radius 1 is 1.00 bits per heavy atom. The summed E-state index contributed by atoms with van der Waals surface area (Å²) in [5, 5.41) is 11.8. The van der Waals surface area contributed by atoms with Crippen LogP contribution in [0.2, 0.25) is 0 Å². The van der Waals surface area contributed by atoms with Gasteiger partial charge in [-0.2, -0.15) is 0 Å². The van der Waals surface area contributed by atoms with Crippen molar-refractivity contribution in [2.45, 2.75) is 26.2 Å². The van der Waals surface area contributed by atoms with E-state index in [1.54, 1.807) is 12.7 Å². The number of aryl methyl sites for hydroxylation is 1. The molecule has 35 heavy (non-hydrogen) atoms. The molecule has 9 nitrogen and oxygen atoms in total. The molecule has 1 fully saturated rings. The van der Waals surface area contributed by atoms with Crippen LogP contribution in [0.3, 0.4) is 0 Å². The zero-order valence-electron chi connectivity index (χ0n) is 20.2. The molecule has 182 valence electrons. The molecule has 0 atom stereocenters. The molecule has 5 rings (SSSR count). The Labute approximate surface area is 205 Å². The van der Waals surface area contributed by atoms with Gasteiger partial charge < -0.3 is 20.1 Å². The van der Waals surface area contributed by atoms with Crippen molar-refractivity contribution in [3.8, 4) is 5.82 Å². The smallest absolute Gasteiger partial charge is 0.221 e. The first-order chi connectivity index (χ1) is 17.1. The van der Waals surface area contributed by atoms with Crippen molar-refractivity contribution in [1.29, 1.82) is 0 Å². The number of nitrogens with zero attached hydrogens (tertiary/aromatic N) is 6. The number of benzene rings is 1. The van der Waals surface area contributed by atoms with Gasteiger partial charge in [-0.05, 0) is 55.1 Å². The van der Waals surface area contributed by atoms with E-state index in [0.29, 0.717) is 0 Å². The van der Waals surface area contributed by atoms with Crippen LogP contribution < -0.4 is 5.32 Å². The highest BCUT2D eigenvalue weighted by Gasteiger charge is 2.16. The van der Waals surface area contributed by atoms with Crippen molar-refractivity contribution in [1.82, 2.24) is 34.5 Å². The molecule has 0 unspecified atom stereocenters. The predicted molar refractivity (Wildman–Crippen MR) is 137 cm³/mol. The van der Waals surface area contributed by atoms with Gasteiger partial charge in [-0.3, -0.25) is 9.36 Å². The van der Waals surface area contributed by atoms with E-state index in [1.807, 2.05) is 22.9 Å². The SMILES string of the molecule is CC(=O)Nc1ccc(CCN2CCN(CCCc3c[nH]c4cnc(-n5cnnc5)cc34)CC2)cc1. The molecule has 0 aliphatic carbocycles. The molecule has 0 radical (unpaired) electrons. The average Bonchev–Trinajstić information content (AvgIpc) is 3.54. The van der Waals surface area contributed by atoms with Crippen LogP contribution >= 0.6 is 0 Å². The molecule has 0 saturated carbocycles. The summed E-state index contributed by atoms with van der Waals surface area (Å²) < 4.78 is 1.83. The van der Waals surface area contributed by atoms with E-state index in [-0.39, 0.29) is 5.91 Å². The molecule has 1 aliphatic rings. The van der Waals surface area contributed by atoms with Crippen LogP contribution in [0, 0.1) is 0 Å². The maximum atomic E-state index is 11.2. The van der Waals surface area contributed by atoms with E-state index in [1.165, 1.54) is 23.4 Å². The number of nitrogens with one attached hydrogen (secondary N) is 2. The molecule has 1 aromatic carbocycles. The van der Waals surface area contributed by atoms with E-state index in [2.05, 4.69) is 59.7 Å². The Morgan fingerprint density at radius 3 is 2.43 bits per heavy atom. The van der Waals surface area contributed by atoms with Gasteiger partial charge in [0.25, 0.3) is 0 Å². The average molecular weight is 473 g/mol. The lowest BCUT2D eigenvalue weighted by Gasteiger charge is -2.34. The molecule has 3 aromatic heterocycles. The van der Waals surface area contributed by atoms with E-state index < -0.39 is 0 Å². The van der Waals surface area contributed by atoms with Crippen molar-refractivity contribution in [3.63, 3.8) is 0 Å². The van der Waals surface area contributed by atoms with E-state index >= 15 is 0 Å². The molecule has 9 heteroatoms. The zero-order valence-corrected chi connectivity index (χ0v) is 20.2. The van der Waals surface area contributed by atoms with Gasteiger partial charge in [0.2, 0.25) is 5.91 Å². The van der Waals surface area contributed by atoms with Crippen LogP contribution in [-0.2, 0) is 17.6 Å². The van der Waals surface area contributed by atoms with Crippen LogP contribution in [0.25, 0.3) is 16.7 Å². The van der Waals surface area contributed by atoms with Gasteiger partial charge in [0.1, 0.15) is 18.5 Å². The first kappa shape index (κ1) is 23.2. The van der Waals surface area contributed by atoms with Crippen LogP contribution in [0.1, 0.15) is 24.5 Å². The summed E-state index contributed by atoms with van der Waals surface area (Å²) in [7, 11) is 0. The number of piperazine rings is 1. The predicted octanol–water partition coefficient (Wildman–Crippen LogP) is 2.89. The number of aromatic amines is 1. The molecule has 2 N–H and O–H groups in total. The number of fused-ring (bicyclic) bond motifs is 1. The molecule has 1 aliphatic heterocycles. The van der Waals surface area contributed by atoms with Gasteiger partial charge in [0.05, 0.1) is 11.7 Å². The number of carbonyl (C=O) groups excluding carboxylic acids is 1. The van der Waals surface area contributed by atoms with Crippen molar-refractivity contribution >= 4 is 22.5 Å². The van der Waals surface area contributed by atoms with Crippen LogP contribution in [0.15, 0.2) is 55.4 Å². The van der Waals surface area contributed by atoms with Gasteiger partial charge in [0, 0.05) is 56.9 Å². The third-order valence-electron chi connectivity index (χ3n) is 6.70. The number of H-pyrrole nitrogens is 1. The van der Waals surface area contributed by atoms with Crippen LogP contribution in [0.5, 0.6) is 0 Å². The summed E-state index contributed by atoms with van der Waals surface area (Å²) in [6, 6.07) is 10.3. The Hall–Kier alpha value is -3.56. The third-order valence-corrected chi connectivity index (χ3v) is 6.70. The number of hydrogen-bond donors (Lipinski definition) is 2. The third kappa shape index (κ3) is 5.93. The summed E-state index contributed by atoms with van der Waals surface area (Å²) in [6.07, 6.45) is 10.5. The molecule has 1 saturated heterocycles. The summed E-state index contributed by atoms with van der Waals surface area (Å²) in [6.45, 7) is 8.20. The monoisotopic (exact) mass is 472 g/mol. The molecule has 1 amide bonds. The molecular weight excluding hydrogens is 440 g/mol. The second kappa shape index (κ2) is 10.8. The highest BCUT2D eigenvalue weighted by molar-refractivity contribution is 5.88. The lowest BCUT2D eigenvalue weighted by molar-refractivity contribution is -0.114. The number of pyridine rings is 1. The summed E-state index contributed by atoms with van der Waals surface area (Å²) >= 11 is 0. The lowest BCUT2D eigenvalue weighted by Crippen LogP contribution is -2.47. The standard InChI is InChI=1S/C26H32N8O/c1-20(35)31-23-6-4-21(5-7-23)8-10-33-13-11-32(12-14-33)9-2-3-22-16-27-25-17-28-26(15-24(22)25)34-18-29-30-19-34/h4-7,15-19,27H,2-3,8-14H2,1H3,(H,31,35). The number of anilines is 1. The molecule has 4 heterocycles. The normalized spacial score (nSPS) is 15.0. The second-order valence-electron chi connectivity index (χ2n) is 9.19. The highest BCUT2D eigenvalue weighted by Crippen LogP contribution is 2.21. The minimum Gasteiger partial charge on any atom is -0.360 e. The van der Waals surface area contributed by atoms with Gasteiger partial charge in [-0.25, -0.2) is 4.98 Å². The molecular formula is C26H32N8O. The largest absolute Gasteiger partial charge is 0.360 e. The molecule has 0 spiro atoms. The topological polar surface area (TPSA) is 95.0 Å². The first-order valence-corrected chi connectivity index (χ1v) is 12.3. The highest BCUT2D eigenvalue weighted by atomic mass is 16.1. The van der Waals surface area contributed by atoms with Gasteiger partial charge in [-0.15, -0.1) is 10.2 Å². The number of hydrogen-bond acceptors (Lipinski definition) is 6. The van der Waals surface area contributed by atoms with Crippen molar-refractivity contribution in [3.05, 3.63) is 66.5 Å². The van der Waals surface area contributed by atoms with Crippen LogP contribution in [-0.4, -0.2) is 79.7 Å². The van der Waals surface area contributed by atoms with Crippen molar-refractivity contribution < 1.29 is 4.79 Å². The summed E-state index contributed by atoms with van der Waals surface area (Å²) in [5.74, 6) is 0.801. The number of aromatic nitrogens is 5. The van der Waals surface area contributed by atoms with Gasteiger partial charge in [0.15, 0.2) is 0 Å². The number of amides is 1. The van der Waals surface area contributed by atoms with Crippen LogP contribution in [0.4, 0.5) is 5.69 Å². The fraction of sp³-hybridized carbons (Fsp3) is 0.385. The Morgan fingerprint density at radius 2 is 1.71 bits per heavy atom. The van der Waals surface area contributed by atoms with Gasteiger partial charge >= 0.3 is 0 Å². The minimum atomic E-state index is -0.0353. The first-order valence-electron chi connectivity index (χ1n) is 12.3. The van der Waals surface area contributed by atoms with E-state index in [9.17, 15) is 4.79 Å². The van der Waals surface area contributed by atoms with Crippen molar-refractivity contribution in [2.24, 2.45) is 0 Å². The molecule has 4 aromatic rings. The molecule has 0 bridgehead atoms. The quantitative estimate of drug-likeness (QED) is 0.389. The number of rotatable bonds is 9. The van der Waals surface area contributed by atoms with Gasteiger partial charge in [-0.1, -0.05) is 12.1 Å². The Kier molecular flexibility index (Phi) is 7.15. The fourth-order valence-electron chi connectivity index (χ4n) is 4.71. The second-order valence-corrected chi connectivity index (χ2v) is 9.19. The fourth-order valence-corrected chi connectivity index (χ4v) is 4.71. The van der Waals surface area contributed by atoms with Crippen molar-refractivity contribution in [2.75, 3.05) is 44.6 Å². The summed E-state index contributed by atoms with van der Waals surface area (Å²) in [4.78, 5) is 24.1. The van der Waals surface area contributed by atoms with E-state index in [0.717, 1.165) is 75.6 Å². The maximum Gasteiger partial charge on any atom is 0.221 e. The Balaban J connectivity index is 1.05. The summed E-state index contributed by atoms with van der Waals surface area (Å²) in [5.41, 5.74) is 4.56. The maximum absolute atomic E-state index is 11.2. The lowest BCUT2D eigenvalue weighted by atomic mass is 10.1. The minimum absolute atomic E-state index is 0.0353. The number of carbonyl (C=O) groups is 1. The Bertz CT molecular complexity index is 1240. The zero-order chi connectivity index (χ0) is 24.0.